The van der Waals surface area contributed by atoms with Crippen molar-refractivity contribution in [3.63, 3.8) is 0 Å². The van der Waals surface area contributed by atoms with Crippen molar-refractivity contribution in [2.45, 2.75) is 45.6 Å². The fourth-order valence-corrected chi connectivity index (χ4v) is 4.03. The van der Waals surface area contributed by atoms with E-state index in [1.807, 2.05) is 18.7 Å². The minimum Gasteiger partial charge on any atom is -0.359 e. The Morgan fingerprint density at radius 2 is 2.22 bits per heavy atom. The summed E-state index contributed by atoms with van der Waals surface area (Å²) in [5.41, 5.74) is 1.45. The number of aromatic nitrogens is 1. The first-order valence-corrected chi connectivity index (χ1v) is 8.40. The minimum absolute atomic E-state index is 0.278. The molecule has 1 aliphatic rings. The lowest BCUT2D eigenvalue weighted by atomic mass is 9.96. The molecule has 1 aliphatic heterocycles. The first kappa shape index (κ1) is 13.9. The van der Waals surface area contributed by atoms with Crippen LogP contribution in [0.4, 0.5) is 0 Å². The second-order valence-electron chi connectivity index (χ2n) is 4.70. The summed E-state index contributed by atoms with van der Waals surface area (Å²) in [7, 11) is 0. The molecule has 1 N–H and O–H groups in total. The maximum atomic E-state index is 4.65. The van der Waals surface area contributed by atoms with E-state index in [0.717, 1.165) is 28.9 Å². The van der Waals surface area contributed by atoms with E-state index < -0.39 is 0 Å². The van der Waals surface area contributed by atoms with E-state index in [1.54, 1.807) is 11.3 Å². The van der Waals surface area contributed by atoms with Crippen molar-refractivity contribution in [1.29, 1.82) is 0 Å². The molecule has 1 aromatic rings. The molecular formula is C13H21N3S2. The highest BCUT2D eigenvalue weighted by molar-refractivity contribution is 8.14. The molecular weight excluding hydrogens is 262 g/mol. The predicted octanol–water partition coefficient (Wildman–Crippen LogP) is 3.25. The Balaban J connectivity index is 1.84. The average Bonchev–Trinajstić information content (AvgIpc) is 2.97. The Morgan fingerprint density at radius 1 is 1.44 bits per heavy atom. The van der Waals surface area contributed by atoms with Gasteiger partial charge in [0.15, 0.2) is 5.17 Å². The number of nitrogens with zero attached hydrogens (tertiary/aromatic N) is 2. The molecule has 0 radical (unpaired) electrons. The number of aryl methyl sites for hydroxylation is 1. The summed E-state index contributed by atoms with van der Waals surface area (Å²) in [6.45, 7) is 7.38. The number of rotatable bonds is 5. The van der Waals surface area contributed by atoms with E-state index in [1.165, 1.54) is 18.5 Å². The molecule has 0 amide bonds. The Hall–Kier alpha value is -0.550. The first-order chi connectivity index (χ1) is 8.67. The summed E-state index contributed by atoms with van der Waals surface area (Å²) in [5, 5.41) is 7.98. The fourth-order valence-electron chi connectivity index (χ4n) is 2.02. The molecule has 0 atom stereocenters. The normalized spacial score (nSPS) is 20.3. The molecule has 1 saturated heterocycles. The maximum absolute atomic E-state index is 4.65. The van der Waals surface area contributed by atoms with Gasteiger partial charge in [-0.1, -0.05) is 25.6 Å². The SMILES string of the molecule is CCC1(CC)CSC(=NCCc2csc(C)n2)N1. The maximum Gasteiger partial charge on any atom is 0.157 e. The number of thioether (sulfide) groups is 1. The van der Waals surface area contributed by atoms with Crippen molar-refractivity contribution >= 4 is 28.3 Å². The lowest BCUT2D eigenvalue weighted by Gasteiger charge is -2.25. The molecule has 0 saturated carbocycles. The summed E-state index contributed by atoms with van der Waals surface area (Å²) in [4.78, 5) is 9.11. The van der Waals surface area contributed by atoms with E-state index in [9.17, 15) is 0 Å². The zero-order valence-electron chi connectivity index (χ0n) is 11.3. The van der Waals surface area contributed by atoms with Gasteiger partial charge in [-0.25, -0.2) is 4.98 Å². The largest absolute Gasteiger partial charge is 0.359 e. The van der Waals surface area contributed by atoms with E-state index >= 15 is 0 Å². The van der Waals surface area contributed by atoms with Crippen molar-refractivity contribution in [2.24, 2.45) is 4.99 Å². The molecule has 18 heavy (non-hydrogen) atoms. The van der Waals surface area contributed by atoms with Gasteiger partial charge in [0, 0.05) is 29.6 Å². The van der Waals surface area contributed by atoms with Crippen LogP contribution < -0.4 is 5.32 Å². The van der Waals surface area contributed by atoms with E-state index in [-0.39, 0.29) is 5.54 Å². The molecule has 1 aromatic heterocycles. The summed E-state index contributed by atoms with van der Waals surface area (Å²) in [6.07, 6.45) is 3.28. The van der Waals surface area contributed by atoms with Gasteiger partial charge in [0.2, 0.25) is 0 Å². The summed E-state index contributed by atoms with van der Waals surface area (Å²) in [5.74, 6) is 1.15. The fraction of sp³-hybridized carbons (Fsp3) is 0.692. The van der Waals surface area contributed by atoms with Crippen LogP contribution in [-0.2, 0) is 6.42 Å². The molecule has 5 heteroatoms. The highest BCUT2D eigenvalue weighted by atomic mass is 32.2. The zero-order chi connectivity index (χ0) is 13.0. The predicted molar refractivity (Wildman–Crippen MR) is 81.8 cm³/mol. The van der Waals surface area contributed by atoms with Gasteiger partial charge in [0.25, 0.3) is 0 Å². The lowest BCUT2D eigenvalue weighted by molar-refractivity contribution is 0.407. The Labute approximate surface area is 118 Å². The number of aliphatic imine (C=N–C) groups is 1. The monoisotopic (exact) mass is 283 g/mol. The molecule has 2 rings (SSSR count). The first-order valence-electron chi connectivity index (χ1n) is 6.54. The quantitative estimate of drug-likeness (QED) is 0.901. The number of thiazole rings is 1. The molecule has 0 unspecified atom stereocenters. The van der Waals surface area contributed by atoms with Gasteiger partial charge < -0.3 is 5.32 Å². The summed E-state index contributed by atoms with van der Waals surface area (Å²) >= 11 is 3.57. The van der Waals surface area contributed by atoms with Crippen LogP contribution in [0.25, 0.3) is 0 Å². The highest BCUT2D eigenvalue weighted by Gasteiger charge is 2.33. The van der Waals surface area contributed by atoms with Crippen LogP contribution >= 0.6 is 23.1 Å². The number of hydrogen-bond acceptors (Lipinski definition) is 4. The van der Waals surface area contributed by atoms with Crippen molar-refractivity contribution in [3.05, 3.63) is 16.1 Å². The van der Waals surface area contributed by atoms with Gasteiger partial charge in [-0.3, -0.25) is 4.99 Å². The van der Waals surface area contributed by atoms with Gasteiger partial charge in [-0.2, -0.15) is 0 Å². The zero-order valence-corrected chi connectivity index (χ0v) is 13.0. The standard InChI is InChI=1S/C13H21N3S2/c1-4-13(5-2)9-18-12(16-13)14-7-6-11-8-17-10(3)15-11/h8H,4-7,9H2,1-3H3,(H,14,16). The third kappa shape index (κ3) is 3.26. The molecule has 0 spiro atoms. The smallest absolute Gasteiger partial charge is 0.157 e. The second-order valence-corrected chi connectivity index (χ2v) is 6.72. The number of nitrogens with one attached hydrogen (secondary N) is 1. The minimum atomic E-state index is 0.278. The topological polar surface area (TPSA) is 37.3 Å². The highest BCUT2D eigenvalue weighted by Crippen LogP contribution is 2.28. The van der Waals surface area contributed by atoms with Crippen LogP contribution in [0.2, 0.25) is 0 Å². The van der Waals surface area contributed by atoms with Gasteiger partial charge in [-0.05, 0) is 19.8 Å². The van der Waals surface area contributed by atoms with Crippen LogP contribution in [0.3, 0.4) is 0 Å². The Bertz CT molecular complexity index is 422. The van der Waals surface area contributed by atoms with Crippen LogP contribution in [0.5, 0.6) is 0 Å². The second kappa shape index (κ2) is 6.06. The molecule has 3 nitrogen and oxygen atoms in total. The summed E-state index contributed by atoms with van der Waals surface area (Å²) < 4.78 is 0. The third-order valence-corrected chi connectivity index (χ3v) is 5.52. The van der Waals surface area contributed by atoms with E-state index in [0.29, 0.717) is 0 Å². The van der Waals surface area contributed by atoms with Crippen LogP contribution in [0, 0.1) is 6.92 Å². The average molecular weight is 283 g/mol. The lowest BCUT2D eigenvalue weighted by Crippen LogP contribution is -2.42. The van der Waals surface area contributed by atoms with E-state index in [2.05, 4.69) is 34.5 Å². The summed E-state index contributed by atoms with van der Waals surface area (Å²) in [6, 6.07) is 0. The van der Waals surface area contributed by atoms with Gasteiger partial charge in [-0.15, -0.1) is 11.3 Å². The van der Waals surface area contributed by atoms with Gasteiger partial charge >= 0.3 is 0 Å². The van der Waals surface area contributed by atoms with Crippen LogP contribution in [-0.4, -0.2) is 28.0 Å². The van der Waals surface area contributed by atoms with Crippen LogP contribution in [0.15, 0.2) is 10.4 Å². The van der Waals surface area contributed by atoms with Crippen LogP contribution in [0.1, 0.15) is 37.4 Å². The van der Waals surface area contributed by atoms with Crippen molar-refractivity contribution in [1.82, 2.24) is 10.3 Å². The molecule has 2 heterocycles. The van der Waals surface area contributed by atoms with Crippen molar-refractivity contribution in [3.8, 4) is 0 Å². The van der Waals surface area contributed by atoms with Gasteiger partial charge in [0.05, 0.1) is 10.7 Å². The Morgan fingerprint density at radius 3 is 2.78 bits per heavy atom. The number of amidine groups is 1. The molecule has 1 fully saturated rings. The van der Waals surface area contributed by atoms with Crippen molar-refractivity contribution in [2.75, 3.05) is 12.3 Å². The molecule has 100 valence electrons. The van der Waals surface area contributed by atoms with Gasteiger partial charge in [0.1, 0.15) is 0 Å². The number of hydrogen-bond donors (Lipinski definition) is 1. The molecule has 0 bridgehead atoms. The van der Waals surface area contributed by atoms with E-state index in [4.69, 9.17) is 0 Å². The third-order valence-electron chi connectivity index (χ3n) is 3.50. The molecule has 0 aliphatic carbocycles. The van der Waals surface area contributed by atoms with Crippen molar-refractivity contribution < 1.29 is 0 Å². The Kier molecular flexibility index (Phi) is 4.67. The molecule has 0 aromatic carbocycles.